The van der Waals surface area contributed by atoms with Gasteiger partial charge in [-0.3, -0.25) is 10.1 Å². The van der Waals surface area contributed by atoms with Crippen LogP contribution in [-0.2, 0) is 0 Å². The van der Waals surface area contributed by atoms with Gasteiger partial charge in [0, 0.05) is 22.6 Å². The number of hydrogen-bond acceptors (Lipinski definition) is 5. The van der Waals surface area contributed by atoms with Crippen LogP contribution in [0, 0.1) is 10.1 Å². The standard InChI is InChI=1S/C9H9ClN4O4/c10-7-3-5(14(17)18)1-2-6(7)9(16)8(15)4-12-13-11/h1-3,8-9,15-16H,4H2. The van der Waals surface area contributed by atoms with Crippen molar-refractivity contribution in [2.45, 2.75) is 12.2 Å². The van der Waals surface area contributed by atoms with Gasteiger partial charge in [-0.05, 0) is 11.6 Å². The average Bonchev–Trinajstić information content (AvgIpc) is 2.34. The lowest BCUT2D eigenvalue weighted by atomic mass is 10.0. The highest BCUT2D eigenvalue weighted by Gasteiger charge is 2.21. The van der Waals surface area contributed by atoms with Crippen LogP contribution < -0.4 is 0 Å². The molecular weight excluding hydrogens is 264 g/mol. The van der Waals surface area contributed by atoms with Gasteiger partial charge in [0.25, 0.3) is 5.69 Å². The number of benzene rings is 1. The maximum Gasteiger partial charge on any atom is 0.270 e. The van der Waals surface area contributed by atoms with Gasteiger partial charge in [0.1, 0.15) is 6.10 Å². The molecule has 0 heterocycles. The molecule has 0 bridgehead atoms. The molecule has 0 radical (unpaired) electrons. The third-order valence-corrected chi connectivity index (χ3v) is 2.54. The molecule has 96 valence electrons. The molecule has 0 aromatic heterocycles. The smallest absolute Gasteiger partial charge is 0.270 e. The van der Waals surface area contributed by atoms with Crippen LogP contribution in [0.4, 0.5) is 5.69 Å². The fourth-order valence-corrected chi connectivity index (χ4v) is 1.58. The highest BCUT2D eigenvalue weighted by molar-refractivity contribution is 6.31. The number of aliphatic hydroxyl groups excluding tert-OH is 2. The van der Waals surface area contributed by atoms with E-state index in [9.17, 15) is 20.3 Å². The summed E-state index contributed by atoms with van der Waals surface area (Å²) in [7, 11) is 0. The van der Waals surface area contributed by atoms with Gasteiger partial charge in [-0.2, -0.15) is 0 Å². The molecule has 9 heteroatoms. The highest BCUT2D eigenvalue weighted by Crippen LogP contribution is 2.29. The Bertz CT molecular complexity index is 503. The van der Waals surface area contributed by atoms with Crippen molar-refractivity contribution in [3.63, 3.8) is 0 Å². The van der Waals surface area contributed by atoms with E-state index in [1.54, 1.807) is 0 Å². The minimum absolute atomic E-state index is 0.0447. The predicted molar refractivity (Wildman–Crippen MR) is 63.1 cm³/mol. The Kier molecular flexibility index (Phi) is 4.87. The van der Waals surface area contributed by atoms with Crippen molar-refractivity contribution in [2.75, 3.05) is 6.54 Å². The molecule has 0 aliphatic heterocycles. The summed E-state index contributed by atoms with van der Waals surface area (Å²) in [5.74, 6) is 0. The maximum absolute atomic E-state index is 10.5. The van der Waals surface area contributed by atoms with E-state index in [1.807, 2.05) is 0 Å². The van der Waals surface area contributed by atoms with Gasteiger partial charge in [-0.15, -0.1) is 0 Å². The summed E-state index contributed by atoms with van der Waals surface area (Å²) in [6, 6.07) is 3.47. The second-order valence-corrected chi connectivity index (χ2v) is 3.80. The lowest BCUT2D eigenvalue weighted by Gasteiger charge is -2.17. The van der Waals surface area contributed by atoms with Crippen LogP contribution in [0.2, 0.25) is 5.02 Å². The van der Waals surface area contributed by atoms with Gasteiger partial charge in [0.15, 0.2) is 0 Å². The van der Waals surface area contributed by atoms with Crippen molar-refractivity contribution in [1.82, 2.24) is 0 Å². The second kappa shape index (κ2) is 6.18. The van der Waals surface area contributed by atoms with Crippen LogP contribution in [-0.4, -0.2) is 27.8 Å². The van der Waals surface area contributed by atoms with E-state index < -0.39 is 17.1 Å². The molecule has 0 aliphatic rings. The van der Waals surface area contributed by atoms with Gasteiger partial charge in [0.2, 0.25) is 0 Å². The normalized spacial score (nSPS) is 13.5. The number of hydrogen-bond donors (Lipinski definition) is 2. The van der Waals surface area contributed by atoms with Gasteiger partial charge in [-0.1, -0.05) is 16.7 Å². The topological polar surface area (TPSA) is 132 Å². The Labute approximate surface area is 106 Å². The number of rotatable bonds is 5. The molecule has 8 nitrogen and oxygen atoms in total. The van der Waals surface area contributed by atoms with E-state index in [-0.39, 0.29) is 22.8 Å². The summed E-state index contributed by atoms with van der Waals surface area (Å²) in [6.07, 6.45) is -2.72. The summed E-state index contributed by atoms with van der Waals surface area (Å²) in [6.45, 7) is -0.328. The lowest BCUT2D eigenvalue weighted by Crippen LogP contribution is -2.21. The first-order valence-corrected chi connectivity index (χ1v) is 5.16. The fourth-order valence-electron chi connectivity index (χ4n) is 1.30. The van der Waals surface area contributed by atoms with Crippen LogP contribution in [0.25, 0.3) is 10.4 Å². The number of azide groups is 1. The van der Waals surface area contributed by atoms with Crippen LogP contribution in [0.3, 0.4) is 0 Å². The number of non-ortho nitro benzene ring substituents is 1. The number of nitrogens with zero attached hydrogens (tertiary/aromatic N) is 4. The van der Waals surface area contributed by atoms with E-state index in [0.29, 0.717) is 0 Å². The summed E-state index contributed by atoms with van der Waals surface area (Å²) < 4.78 is 0. The summed E-state index contributed by atoms with van der Waals surface area (Å²) in [5.41, 5.74) is 7.99. The number of nitro benzene ring substituents is 1. The third-order valence-electron chi connectivity index (χ3n) is 2.21. The second-order valence-electron chi connectivity index (χ2n) is 3.39. The Morgan fingerprint density at radius 1 is 1.56 bits per heavy atom. The molecule has 2 unspecified atom stereocenters. The molecule has 1 aromatic carbocycles. The largest absolute Gasteiger partial charge is 0.390 e. The Morgan fingerprint density at radius 3 is 2.72 bits per heavy atom. The molecule has 0 fully saturated rings. The first kappa shape index (κ1) is 14.2. The molecule has 0 saturated carbocycles. The van der Waals surface area contributed by atoms with E-state index in [4.69, 9.17) is 17.1 Å². The Balaban J connectivity index is 2.95. The molecule has 0 amide bonds. The van der Waals surface area contributed by atoms with Gasteiger partial charge >= 0.3 is 0 Å². The monoisotopic (exact) mass is 272 g/mol. The Hall–Kier alpha value is -1.86. The maximum atomic E-state index is 10.5. The third kappa shape index (κ3) is 3.31. The quantitative estimate of drug-likeness (QED) is 0.278. The summed E-state index contributed by atoms with van der Waals surface area (Å²) >= 11 is 5.77. The SMILES string of the molecule is [N-]=[N+]=NCC(O)C(O)c1ccc([N+](=O)[O-])cc1Cl. The van der Waals surface area contributed by atoms with Crippen LogP contribution in [0.15, 0.2) is 23.3 Å². The number of halogens is 1. The molecule has 0 aliphatic carbocycles. The number of aliphatic hydroxyl groups is 2. The van der Waals surface area contributed by atoms with E-state index in [0.717, 1.165) is 12.1 Å². The molecule has 1 rings (SSSR count). The summed E-state index contributed by atoms with van der Waals surface area (Å²) in [4.78, 5) is 12.3. The zero-order valence-corrected chi connectivity index (χ0v) is 9.73. The first-order valence-electron chi connectivity index (χ1n) is 4.78. The first-order chi connectivity index (χ1) is 8.47. The highest BCUT2D eigenvalue weighted by atomic mass is 35.5. The van der Waals surface area contributed by atoms with Crippen molar-refractivity contribution in [3.05, 3.63) is 49.3 Å². The van der Waals surface area contributed by atoms with Crippen LogP contribution in [0.1, 0.15) is 11.7 Å². The number of nitro groups is 1. The van der Waals surface area contributed by atoms with Crippen molar-refractivity contribution < 1.29 is 15.1 Å². The Morgan fingerprint density at radius 2 is 2.22 bits per heavy atom. The van der Waals surface area contributed by atoms with Crippen molar-refractivity contribution >= 4 is 17.3 Å². The van der Waals surface area contributed by atoms with Crippen LogP contribution >= 0.6 is 11.6 Å². The van der Waals surface area contributed by atoms with Gasteiger partial charge in [0.05, 0.1) is 22.6 Å². The molecule has 18 heavy (non-hydrogen) atoms. The molecule has 2 N–H and O–H groups in total. The van der Waals surface area contributed by atoms with Crippen molar-refractivity contribution in [2.24, 2.45) is 5.11 Å². The minimum atomic E-state index is -1.39. The minimum Gasteiger partial charge on any atom is -0.390 e. The van der Waals surface area contributed by atoms with E-state index >= 15 is 0 Å². The van der Waals surface area contributed by atoms with Gasteiger partial charge < -0.3 is 10.2 Å². The van der Waals surface area contributed by atoms with Gasteiger partial charge in [-0.25, -0.2) is 0 Å². The molecular formula is C9H9ClN4O4. The van der Waals surface area contributed by atoms with Crippen molar-refractivity contribution in [3.8, 4) is 0 Å². The molecule has 0 spiro atoms. The molecule has 1 aromatic rings. The summed E-state index contributed by atoms with van der Waals surface area (Å²) in [5, 5.41) is 32.8. The molecule has 0 saturated heterocycles. The van der Waals surface area contributed by atoms with E-state index in [1.165, 1.54) is 6.07 Å². The zero-order valence-electron chi connectivity index (χ0n) is 8.97. The zero-order chi connectivity index (χ0) is 13.7. The van der Waals surface area contributed by atoms with E-state index in [2.05, 4.69) is 10.0 Å². The predicted octanol–water partition coefficient (Wildman–Crippen LogP) is 1.95. The fraction of sp³-hybridized carbons (Fsp3) is 0.333. The average molecular weight is 273 g/mol. The van der Waals surface area contributed by atoms with Crippen molar-refractivity contribution in [1.29, 1.82) is 0 Å². The lowest BCUT2D eigenvalue weighted by molar-refractivity contribution is -0.384. The van der Waals surface area contributed by atoms with Crippen LogP contribution in [0.5, 0.6) is 0 Å². The molecule has 2 atom stereocenters.